The van der Waals surface area contributed by atoms with E-state index < -0.39 is 0 Å². The van der Waals surface area contributed by atoms with Crippen molar-refractivity contribution in [1.29, 1.82) is 0 Å². The topological polar surface area (TPSA) is 0 Å². The highest BCUT2D eigenvalue weighted by Gasteiger charge is 2.44. The Labute approximate surface area is 186 Å². The van der Waals surface area contributed by atoms with E-state index in [4.69, 9.17) is 0 Å². The Morgan fingerprint density at radius 2 is 1.55 bits per heavy atom. The van der Waals surface area contributed by atoms with Gasteiger partial charge in [0.05, 0.1) is 0 Å². The SMILES string of the molecule is C=CC1=C(/C=C\CS)C2=C(C=C(C)C2)C1(CCCCCC)CCCCCCCC. The van der Waals surface area contributed by atoms with Gasteiger partial charge >= 0.3 is 0 Å². The van der Waals surface area contributed by atoms with E-state index >= 15 is 0 Å². The average Bonchev–Trinajstić information content (AvgIpc) is 3.21. The second kappa shape index (κ2) is 12.7. The fourth-order valence-electron chi connectivity index (χ4n) is 5.38. The van der Waals surface area contributed by atoms with E-state index in [1.165, 1.54) is 93.8 Å². The van der Waals surface area contributed by atoms with Gasteiger partial charge in [-0.2, -0.15) is 12.6 Å². The van der Waals surface area contributed by atoms with Crippen LogP contribution >= 0.6 is 12.6 Å². The Kier molecular flexibility index (Phi) is 10.6. The molecule has 1 unspecified atom stereocenters. The van der Waals surface area contributed by atoms with Gasteiger partial charge < -0.3 is 0 Å². The third-order valence-corrected chi connectivity index (χ3v) is 7.04. The largest absolute Gasteiger partial charge is 0.175 e. The van der Waals surface area contributed by atoms with Gasteiger partial charge in [0.25, 0.3) is 0 Å². The first-order valence-corrected chi connectivity index (χ1v) is 12.8. The molecule has 2 aliphatic rings. The van der Waals surface area contributed by atoms with E-state index in [1.54, 1.807) is 11.1 Å². The Morgan fingerprint density at radius 1 is 0.966 bits per heavy atom. The first-order valence-electron chi connectivity index (χ1n) is 12.2. The van der Waals surface area contributed by atoms with Crippen LogP contribution in [0.3, 0.4) is 0 Å². The lowest BCUT2D eigenvalue weighted by atomic mass is 9.69. The third kappa shape index (κ3) is 6.03. The summed E-state index contributed by atoms with van der Waals surface area (Å²) in [4.78, 5) is 0. The standard InChI is InChI=1S/C28H44S/c1-5-8-10-12-13-15-19-28(18-14-11-9-6-2)26(7-3)24(17-16-20-29)25-21-23(4)22-27(25)28/h7,16-17,22,29H,3,5-6,8-15,18-21H2,1-2,4H3/b17-16-. The van der Waals surface area contributed by atoms with Crippen molar-refractivity contribution in [2.75, 3.05) is 5.75 Å². The molecule has 0 aromatic rings. The summed E-state index contributed by atoms with van der Waals surface area (Å²) in [5.41, 5.74) is 7.90. The zero-order valence-corrected chi connectivity index (χ0v) is 20.3. The number of unbranched alkanes of at least 4 members (excludes halogenated alkanes) is 8. The van der Waals surface area contributed by atoms with Gasteiger partial charge in [0, 0.05) is 11.2 Å². The van der Waals surface area contributed by atoms with Crippen molar-refractivity contribution in [2.24, 2.45) is 5.41 Å². The van der Waals surface area contributed by atoms with Gasteiger partial charge in [0.2, 0.25) is 0 Å². The van der Waals surface area contributed by atoms with E-state index in [0.717, 1.165) is 12.2 Å². The molecule has 1 atom stereocenters. The van der Waals surface area contributed by atoms with Crippen LogP contribution in [-0.4, -0.2) is 5.75 Å². The van der Waals surface area contributed by atoms with E-state index in [2.05, 4.69) is 64.3 Å². The molecule has 0 nitrogen and oxygen atoms in total. The van der Waals surface area contributed by atoms with Crippen LogP contribution in [0.5, 0.6) is 0 Å². The van der Waals surface area contributed by atoms with Crippen LogP contribution in [0, 0.1) is 5.41 Å². The monoisotopic (exact) mass is 412 g/mol. The van der Waals surface area contributed by atoms with Crippen LogP contribution in [-0.2, 0) is 0 Å². The highest BCUT2D eigenvalue weighted by molar-refractivity contribution is 7.80. The molecule has 0 aromatic carbocycles. The van der Waals surface area contributed by atoms with E-state index in [-0.39, 0.29) is 5.41 Å². The molecule has 0 radical (unpaired) electrons. The normalized spacial score (nSPS) is 21.4. The number of rotatable bonds is 15. The minimum absolute atomic E-state index is 0.198. The predicted molar refractivity (Wildman–Crippen MR) is 135 cm³/mol. The zero-order chi connectivity index (χ0) is 21.1. The van der Waals surface area contributed by atoms with Crippen molar-refractivity contribution >= 4 is 12.6 Å². The molecule has 0 N–H and O–H groups in total. The van der Waals surface area contributed by atoms with Crippen LogP contribution in [0.2, 0.25) is 0 Å². The quantitative estimate of drug-likeness (QED) is 0.201. The summed E-state index contributed by atoms with van der Waals surface area (Å²) in [5.74, 6) is 0.796. The summed E-state index contributed by atoms with van der Waals surface area (Å²) in [5, 5.41) is 0. The van der Waals surface area contributed by atoms with Crippen LogP contribution in [0.25, 0.3) is 0 Å². The summed E-state index contributed by atoms with van der Waals surface area (Å²) in [7, 11) is 0. The Balaban J connectivity index is 2.29. The fraction of sp³-hybridized carbons (Fsp3) is 0.643. The van der Waals surface area contributed by atoms with Crippen molar-refractivity contribution in [3.05, 3.63) is 58.7 Å². The molecule has 0 aliphatic heterocycles. The zero-order valence-electron chi connectivity index (χ0n) is 19.4. The molecule has 162 valence electrons. The smallest absolute Gasteiger partial charge is 0.0211 e. The van der Waals surface area contributed by atoms with Gasteiger partial charge in [-0.25, -0.2) is 0 Å². The molecule has 0 spiro atoms. The van der Waals surface area contributed by atoms with Crippen LogP contribution < -0.4 is 0 Å². The Morgan fingerprint density at radius 3 is 2.14 bits per heavy atom. The molecule has 0 saturated heterocycles. The molecule has 1 heteroatoms. The molecule has 0 fully saturated rings. The molecule has 2 aliphatic carbocycles. The van der Waals surface area contributed by atoms with Gasteiger partial charge in [0.1, 0.15) is 0 Å². The summed E-state index contributed by atoms with van der Waals surface area (Å²) in [6.45, 7) is 11.2. The molecule has 2 rings (SSSR count). The number of hydrogen-bond acceptors (Lipinski definition) is 1. The van der Waals surface area contributed by atoms with Crippen molar-refractivity contribution in [3.8, 4) is 0 Å². The highest BCUT2D eigenvalue weighted by Crippen LogP contribution is 2.58. The van der Waals surface area contributed by atoms with E-state index in [0.29, 0.717) is 0 Å². The fourth-order valence-corrected chi connectivity index (χ4v) is 5.49. The first-order chi connectivity index (χ1) is 14.1. The second-order valence-corrected chi connectivity index (χ2v) is 9.45. The summed E-state index contributed by atoms with van der Waals surface area (Å²) in [6, 6.07) is 0. The lowest BCUT2D eigenvalue weighted by molar-refractivity contribution is 0.348. The van der Waals surface area contributed by atoms with E-state index in [1.807, 2.05) is 0 Å². The van der Waals surface area contributed by atoms with Gasteiger partial charge in [-0.15, -0.1) is 0 Å². The molecule has 0 heterocycles. The van der Waals surface area contributed by atoms with Crippen molar-refractivity contribution in [2.45, 2.75) is 104 Å². The Hall–Kier alpha value is -0.950. The summed E-state index contributed by atoms with van der Waals surface area (Å²) in [6.07, 6.45) is 26.5. The lowest BCUT2D eigenvalue weighted by Crippen LogP contribution is -2.23. The molecule has 0 saturated carbocycles. The minimum atomic E-state index is 0.198. The first kappa shape index (κ1) is 24.3. The molecular formula is C28H44S. The molecule has 0 amide bonds. The minimum Gasteiger partial charge on any atom is -0.175 e. The van der Waals surface area contributed by atoms with Crippen LogP contribution in [0.4, 0.5) is 0 Å². The molecule has 0 aromatic heterocycles. The maximum atomic E-state index is 4.42. The second-order valence-electron chi connectivity index (χ2n) is 9.09. The molecule has 0 bridgehead atoms. The number of thiol groups is 1. The number of hydrogen-bond donors (Lipinski definition) is 1. The summed E-state index contributed by atoms with van der Waals surface area (Å²) < 4.78 is 0. The highest BCUT2D eigenvalue weighted by atomic mass is 32.1. The van der Waals surface area contributed by atoms with Crippen LogP contribution in [0.1, 0.15) is 104 Å². The predicted octanol–water partition coefficient (Wildman–Crippen LogP) is 9.32. The maximum absolute atomic E-state index is 4.42. The van der Waals surface area contributed by atoms with Crippen LogP contribution in [0.15, 0.2) is 58.7 Å². The maximum Gasteiger partial charge on any atom is 0.0211 e. The van der Waals surface area contributed by atoms with Gasteiger partial charge in [0.15, 0.2) is 0 Å². The van der Waals surface area contributed by atoms with Crippen molar-refractivity contribution in [1.82, 2.24) is 0 Å². The molecule has 29 heavy (non-hydrogen) atoms. The van der Waals surface area contributed by atoms with E-state index in [9.17, 15) is 0 Å². The molecular weight excluding hydrogens is 368 g/mol. The van der Waals surface area contributed by atoms with Gasteiger partial charge in [-0.1, -0.05) is 115 Å². The van der Waals surface area contributed by atoms with Crippen molar-refractivity contribution < 1.29 is 0 Å². The van der Waals surface area contributed by atoms with Gasteiger partial charge in [-0.3, -0.25) is 0 Å². The third-order valence-electron chi connectivity index (χ3n) is 6.83. The average molecular weight is 413 g/mol. The lowest BCUT2D eigenvalue weighted by Gasteiger charge is -2.35. The number of allylic oxidation sites excluding steroid dienone is 8. The summed E-state index contributed by atoms with van der Waals surface area (Å²) >= 11 is 4.42. The Bertz CT molecular complexity index is 658. The van der Waals surface area contributed by atoms with Gasteiger partial charge in [-0.05, 0) is 48.5 Å². The van der Waals surface area contributed by atoms with Crippen molar-refractivity contribution in [3.63, 3.8) is 0 Å².